The molecule has 190 valence electrons. The van der Waals surface area contributed by atoms with Gasteiger partial charge in [0.05, 0.1) is 18.8 Å². The Bertz CT molecular complexity index is 1170. The van der Waals surface area contributed by atoms with Crippen LogP contribution in [-0.2, 0) is 9.53 Å². The largest absolute Gasteiger partial charge is 0.493 e. The first kappa shape index (κ1) is 26.9. The van der Waals surface area contributed by atoms with Crippen LogP contribution in [0.5, 0.6) is 11.5 Å². The first-order valence-electron chi connectivity index (χ1n) is 12.7. The number of benzene rings is 3. The zero-order valence-corrected chi connectivity index (χ0v) is 21.1. The molecule has 0 spiro atoms. The monoisotopic (exact) mass is 490 g/mol. The predicted octanol–water partition coefficient (Wildman–Crippen LogP) is 6.93. The van der Waals surface area contributed by atoms with Gasteiger partial charge in [-0.3, -0.25) is 9.59 Å². The van der Waals surface area contributed by atoms with Crippen LogP contribution in [0, 0.1) is 0 Å². The second kappa shape index (κ2) is 14.0. The van der Waals surface area contributed by atoms with E-state index < -0.39 is 5.97 Å². The van der Waals surface area contributed by atoms with Crippen LogP contribution in [0.1, 0.15) is 79.5 Å². The van der Waals surface area contributed by atoms with E-state index in [1.807, 2.05) is 37.3 Å². The second-order valence-electron chi connectivity index (χ2n) is 8.54. The first-order valence-corrected chi connectivity index (χ1v) is 12.7. The summed E-state index contributed by atoms with van der Waals surface area (Å²) in [6.45, 7) is 4.68. The molecule has 0 aliphatic heterocycles. The number of carbonyl (C=O) groups excluding carboxylic acids is 3. The molecular weight excluding hydrogens is 456 g/mol. The minimum absolute atomic E-state index is 0.0455. The Morgan fingerprint density at radius 3 is 2.06 bits per heavy atom. The van der Waals surface area contributed by atoms with Gasteiger partial charge in [0.2, 0.25) is 0 Å². The van der Waals surface area contributed by atoms with Crippen LogP contribution in [0.2, 0.25) is 0 Å². The van der Waals surface area contributed by atoms with Crippen molar-refractivity contribution in [3.8, 4) is 11.5 Å². The topological polar surface area (TPSA) is 78.9 Å². The van der Waals surface area contributed by atoms with E-state index in [0.29, 0.717) is 42.9 Å². The predicted molar refractivity (Wildman–Crippen MR) is 140 cm³/mol. The minimum Gasteiger partial charge on any atom is -0.493 e. The molecule has 0 amide bonds. The second-order valence-corrected chi connectivity index (χ2v) is 8.54. The molecule has 0 fully saturated rings. The van der Waals surface area contributed by atoms with Gasteiger partial charge in [0.15, 0.2) is 5.78 Å². The van der Waals surface area contributed by atoms with Gasteiger partial charge in [0.25, 0.3) is 0 Å². The van der Waals surface area contributed by atoms with E-state index in [-0.39, 0.29) is 11.8 Å². The Balaban J connectivity index is 1.53. The molecule has 0 aliphatic carbocycles. The first-order chi connectivity index (χ1) is 17.5. The molecule has 0 N–H and O–H groups in total. The van der Waals surface area contributed by atoms with Crippen molar-refractivity contribution in [1.29, 1.82) is 0 Å². The van der Waals surface area contributed by atoms with Crippen LogP contribution < -0.4 is 9.47 Å². The summed E-state index contributed by atoms with van der Waals surface area (Å²) in [4.78, 5) is 35.8. The third-order valence-corrected chi connectivity index (χ3v) is 5.91. The summed E-state index contributed by atoms with van der Waals surface area (Å²) in [6, 6.07) is 17.8. The van der Waals surface area contributed by atoms with Crippen molar-refractivity contribution in [2.24, 2.45) is 0 Å². The highest BCUT2D eigenvalue weighted by molar-refractivity contribution is 6.07. The molecule has 0 saturated carbocycles. The summed E-state index contributed by atoms with van der Waals surface area (Å²) in [5, 5.41) is 1.62. The van der Waals surface area contributed by atoms with Gasteiger partial charge in [0, 0.05) is 23.8 Å². The lowest BCUT2D eigenvalue weighted by molar-refractivity contribution is -0.143. The van der Waals surface area contributed by atoms with E-state index in [0.717, 1.165) is 48.6 Å². The molecule has 3 aromatic carbocycles. The van der Waals surface area contributed by atoms with E-state index in [1.54, 1.807) is 37.3 Å². The Morgan fingerprint density at radius 1 is 0.694 bits per heavy atom. The highest BCUT2D eigenvalue weighted by atomic mass is 16.5. The van der Waals surface area contributed by atoms with Gasteiger partial charge in [0.1, 0.15) is 11.5 Å². The van der Waals surface area contributed by atoms with Gasteiger partial charge in [-0.15, -0.1) is 0 Å². The molecule has 0 aliphatic rings. The van der Waals surface area contributed by atoms with Crippen LogP contribution in [0.15, 0.2) is 60.7 Å². The smallest absolute Gasteiger partial charge is 0.344 e. The van der Waals surface area contributed by atoms with E-state index in [9.17, 15) is 14.4 Å². The number of hydrogen-bond acceptors (Lipinski definition) is 6. The van der Waals surface area contributed by atoms with E-state index >= 15 is 0 Å². The third kappa shape index (κ3) is 7.67. The number of ketones is 1. The van der Waals surface area contributed by atoms with Crippen molar-refractivity contribution in [2.75, 3.05) is 13.2 Å². The molecule has 6 heteroatoms. The molecule has 3 rings (SSSR count). The summed E-state index contributed by atoms with van der Waals surface area (Å²) in [5.74, 6) is 0.561. The van der Waals surface area contributed by atoms with Gasteiger partial charge in [-0.05, 0) is 54.6 Å². The summed E-state index contributed by atoms with van der Waals surface area (Å²) >= 11 is 0. The zero-order valence-electron chi connectivity index (χ0n) is 21.1. The molecule has 0 bridgehead atoms. The molecule has 0 radical (unpaired) electrons. The fourth-order valence-corrected chi connectivity index (χ4v) is 3.85. The molecular formula is C30H34O6. The van der Waals surface area contributed by atoms with Crippen LogP contribution in [0.4, 0.5) is 0 Å². The van der Waals surface area contributed by atoms with E-state index in [1.165, 1.54) is 0 Å². The Labute approximate surface area is 212 Å². The number of esters is 2. The normalized spacial score (nSPS) is 10.7. The molecule has 0 atom stereocenters. The molecule has 3 aromatic rings. The van der Waals surface area contributed by atoms with Gasteiger partial charge >= 0.3 is 11.9 Å². The van der Waals surface area contributed by atoms with E-state index in [2.05, 4.69) is 0 Å². The maximum Gasteiger partial charge on any atom is 0.344 e. The third-order valence-electron chi connectivity index (χ3n) is 5.91. The standard InChI is InChI=1S/C30H34O6/c1-3-27(31)22-14-16-23(17-15-22)36-30(33)26-18-19-28(25-13-9-8-12-24(25)26)34-20-10-6-5-7-11-21-35-29(32)4-2/h8-9,12-19H,3-7,10-11,20-21H2,1-2H3. The highest BCUT2D eigenvalue weighted by Crippen LogP contribution is 2.30. The molecule has 0 saturated heterocycles. The van der Waals surface area contributed by atoms with Crippen molar-refractivity contribution < 1.29 is 28.6 Å². The number of carbonyl (C=O) groups is 3. The van der Waals surface area contributed by atoms with Crippen LogP contribution in [0.25, 0.3) is 10.8 Å². The lowest BCUT2D eigenvalue weighted by Crippen LogP contribution is -2.10. The Morgan fingerprint density at radius 2 is 1.36 bits per heavy atom. The Hall–Kier alpha value is -3.67. The summed E-state index contributed by atoms with van der Waals surface area (Å²) in [5.41, 5.74) is 1.05. The SMILES string of the molecule is CCC(=O)OCCCCCCCOc1ccc(C(=O)Oc2ccc(C(=O)CC)cc2)c2ccccc12. The van der Waals surface area contributed by atoms with Crippen molar-refractivity contribution in [1.82, 2.24) is 0 Å². The molecule has 36 heavy (non-hydrogen) atoms. The summed E-state index contributed by atoms with van der Waals surface area (Å²) < 4.78 is 16.7. The summed E-state index contributed by atoms with van der Waals surface area (Å²) in [6.07, 6.45) is 5.77. The van der Waals surface area contributed by atoms with Crippen molar-refractivity contribution in [3.05, 3.63) is 71.8 Å². The van der Waals surface area contributed by atoms with Gasteiger partial charge in [-0.2, -0.15) is 0 Å². The van der Waals surface area contributed by atoms with Crippen LogP contribution in [0.3, 0.4) is 0 Å². The van der Waals surface area contributed by atoms with Gasteiger partial charge in [-0.1, -0.05) is 57.4 Å². The van der Waals surface area contributed by atoms with Crippen molar-refractivity contribution in [3.63, 3.8) is 0 Å². The van der Waals surface area contributed by atoms with Gasteiger partial charge < -0.3 is 14.2 Å². The average Bonchev–Trinajstić information content (AvgIpc) is 2.91. The number of rotatable bonds is 14. The zero-order chi connectivity index (χ0) is 25.8. The fourth-order valence-electron chi connectivity index (χ4n) is 3.85. The summed E-state index contributed by atoms with van der Waals surface area (Å²) in [7, 11) is 0. The molecule has 0 heterocycles. The number of hydrogen-bond donors (Lipinski definition) is 0. The van der Waals surface area contributed by atoms with Crippen LogP contribution in [-0.4, -0.2) is 30.9 Å². The molecule has 0 aromatic heterocycles. The number of unbranched alkanes of at least 4 members (excludes halogenated alkanes) is 4. The molecule has 6 nitrogen and oxygen atoms in total. The minimum atomic E-state index is -0.461. The highest BCUT2D eigenvalue weighted by Gasteiger charge is 2.15. The van der Waals surface area contributed by atoms with Gasteiger partial charge in [-0.25, -0.2) is 4.79 Å². The maximum absolute atomic E-state index is 12.9. The number of ether oxygens (including phenoxy) is 3. The lowest BCUT2D eigenvalue weighted by atomic mass is 10.0. The molecule has 0 unspecified atom stereocenters. The fraction of sp³-hybridized carbons (Fsp3) is 0.367. The van der Waals surface area contributed by atoms with Crippen molar-refractivity contribution >= 4 is 28.5 Å². The Kier molecular flexibility index (Phi) is 10.5. The quantitative estimate of drug-likeness (QED) is 0.105. The number of fused-ring (bicyclic) bond motifs is 1. The average molecular weight is 491 g/mol. The van der Waals surface area contributed by atoms with Crippen molar-refractivity contribution in [2.45, 2.75) is 58.8 Å². The number of Topliss-reactive ketones (excluding diaryl/α,β-unsaturated/α-hetero) is 1. The maximum atomic E-state index is 12.9. The van der Waals surface area contributed by atoms with Crippen LogP contribution >= 0.6 is 0 Å². The van der Waals surface area contributed by atoms with E-state index in [4.69, 9.17) is 14.2 Å². The lowest BCUT2D eigenvalue weighted by Gasteiger charge is -2.12.